The Morgan fingerprint density at radius 2 is 0.458 bits per heavy atom. The number of hydrogen-bond donors (Lipinski definition) is 0. The van der Waals surface area contributed by atoms with Crippen LogP contribution in [-0.2, 0) is 28.6 Å². The Labute approximate surface area is 515 Å². The molecular weight excluding hydrogens is 1020 g/mol. The van der Waals surface area contributed by atoms with E-state index in [2.05, 4.69) is 106 Å². The van der Waals surface area contributed by atoms with Gasteiger partial charge in [0.05, 0.1) is 0 Å². The number of esters is 3. The molecule has 6 nitrogen and oxygen atoms in total. The van der Waals surface area contributed by atoms with Gasteiger partial charge in [-0.25, -0.2) is 0 Å². The molecule has 83 heavy (non-hydrogen) atoms. The Morgan fingerprint density at radius 3 is 0.723 bits per heavy atom. The molecule has 0 saturated heterocycles. The molecule has 0 N–H and O–H groups in total. The number of carbonyl (C=O) groups is 3. The third kappa shape index (κ3) is 69.3. The van der Waals surface area contributed by atoms with Crippen LogP contribution < -0.4 is 0 Å². The zero-order valence-corrected chi connectivity index (χ0v) is 55.2. The first-order chi connectivity index (χ1) is 41.0. The standard InChI is InChI=1S/C77H136O6/c1-4-7-10-13-16-19-22-25-27-29-31-33-35-37-38-40-41-43-45-47-49-52-55-58-61-64-67-70-76(79)82-73-74(72-81-75(78)69-66-63-60-57-54-51-24-21-18-15-12-9-6-3)83-77(80)71-68-65-62-59-56-53-50-48-46-44-42-39-36-34-32-30-28-26-23-20-17-14-11-8-5-2/h12,15,21-26,29-32,36,39,74H,4-11,13-14,16-20,27-28,33-35,37-38,40-73H2,1-3H3/b15-12-,24-21-,25-22-,26-23-,31-29-,32-30-,39-36-. The topological polar surface area (TPSA) is 78.9 Å². The second-order valence-electron chi connectivity index (χ2n) is 24.1. The van der Waals surface area contributed by atoms with Crippen molar-refractivity contribution in [3.8, 4) is 0 Å². The average Bonchev–Trinajstić information content (AvgIpc) is 3.49. The minimum absolute atomic E-state index is 0.0804. The van der Waals surface area contributed by atoms with Crippen molar-refractivity contribution in [1.29, 1.82) is 0 Å². The summed E-state index contributed by atoms with van der Waals surface area (Å²) in [5.41, 5.74) is 0. The summed E-state index contributed by atoms with van der Waals surface area (Å²) in [6.45, 7) is 6.59. The van der Waals surface area contributed by atoms with Crippen LogP contribution in [0.3, 0.4) is 0 Å². The zero-order valence-electron chi connectivity index (χ0n) is 55.2. The summed E-state index contributed by atoms with van der Waals surface area (Å²) < 4.78 is 17.0. The molecule has 0 aromatic heterocycles. The quantitative estimate of drug-likeness (QED) is 0.0261. The molecule has 0 aliphatic heterocycles. The van der Waals surface area contributed by atoms with Crippen LogP contribution in [-0.4, -0.2) is 37.2 Å². The predicted octanol–water partition coefficient (Wildman–Crippen LogP) is 25.0. The van der Waals surface area contributed by atoms with Crippen molar-refractivity contribution in [2.75, 3.05) is 13.2 Å². The van der Waals surface area contributed by atoms with Crippen molar-refractivity contribution < 1.29 is 28.6 Å². The average molecular weight is 1160 g/mol. The van der Waals surface area contributed by atoms with E-state index >= 15 is 0 Å². The van der Waals surface area contributed by atoms with Crippen LogP contribution in [0.25, 0.3) is 0 Å². The maximum atomic E-state index is 13.0. The molecule has 0 fully saturated rings. The maximum Gasteiger partial charge on any atom is 0.306 e. The molecule has 1 atom stereocenters. The summed E-state index contributed by atoms with van der Waals surface area (Å²) in [7, 11) is 0. The van der Waals surface area contributed by atoms with E-state index in [4.69, 9.17) is 14.2 Å². The highest BCUT2D eigenvalue weighted by Gasteiger charge is 2.19. The minimum Gasteiger partial charge on any atom is -0.462 e. The Kier molecular flexibility index (Phi) is 68.2. The number of carbonyl (C=O) groups excluding carboxylic acids is 3. The van der Waals surface area contributed by atoms with Crippen molar-refractivity contribution in [1.82, 2.24) is 0 Å². The van der Waals surface area contributed by atoms with Gasteiger partial charge in [-0.2, -0.15) is 0 Å². The lowest BCUT2D eigenvalue weighted by Gasteiger charge is -2.18. The van der Waals surface area contributed by atoms with E-state index in [1.165, 1.54) is 225 Å². The molecule has 1 unspecified atom stereocenters. The highest BCUT2D eigenvalue weighted by atomic mass is 16.6. The van der Waals surface area contributed by atoms with Gasteiger partial charge in [-0.05, 0) is 116 Å². The monoisotopic (exact) mass is 1160 g/mol. The molecule has 0 aromatic carbocycles. The van der Waals surface area contributed by atoms with E-state index in [-0.39, 0.29) is 31.1 Å². The molecule has 0 aromatic rings. The van der Waals surface area contributed by atoms with E-state index in [1.807, 2.05) is 0 Å². The van der Waals surface area contributed by atoms with Gasteiger partial charge in [0.15, 0.2) is 6.10 Å². The molecule has 0 bridgehead atoms. The highest BCUT2D eigenvalue weighted by Crippen LogP contribution is 2.17. The Bertz CT molecular complexity index is 1570. The number of rotatable bonds is 66. The molecule has 0 rings (SSSR count). The molecular formula is C77H136O6. The van der Waals surface area contributed by atoms with E-state index in [0.717, 1.165) is 103 Å². The van der Waals surface area contributed by atoms with Crippen molar-refractivity contribution in [2.24, 2.45) is 0 Å². The molecule has 0 amide bonds. The second-order valence-corrected chi connectivity index (χ2v) is 24.1. The van der Waals surface area contributed by atoms with Gasteiger partial charge in [-0.1, -0.05) is 318 Å². The van der Waals surface area contributed by atoms with Crippen LogP contribution >= 0.6 is 0 Å². The van der Waals surface area contributed by atoms with Crippen molar-refractivity contribution in [2.45, 2.75) is 374 Å². The lowest BCUT2D eigenvalue weighted by atomic mass is 10.0. The molecule has 6 heteroatoms. The third-order valence-corrected chi connectivity index (χ3v) is 15.8. The maximum absolute atomic E-state index is 13.0. The predicted molar refractivity (Wildman–Crippen MR) is 362 cm³/mol. The molecule has 0 heterocycles. The van der Waals surface area contributed by atoms with Gasteiger partial charge in [0.1, 0.15) is 13.2 Å². The first-order valence-corrected chi connectivity index (χ1v) is 36.1. The van der Waals surface area contributed by atoms with Gasteiger partial charge >= 0.3 is 17.9 Å². The van der Waals surface area contributed by atoms with Crippen LogP contribution in [0.1, 0.15) is 367 Å². The van der Waals surface area contributed by atoms with E-state index in [1.54, 1.807) is 0 Å². The lowest BCUT2D eigenvalue weighted by Crippen LogP contribution is -2.30. The summed E-state index contributed by atoms with van der Waals surface area (Å²) in [5, 5.41) is 0. The number of unbranched alkanes of at least 4 members (excludes halogenated alkanes) is 41. The van der Waals surface area contributed by atoms with E-state index in [9.17, 15) is 14.4 Å². The summed E-state index contributed by atoms with van der Waals surface area (Å²) in [5.74, 6) is -0.882. The van der Waals surface area contributed by atoms with Gasteiger partial charge in [0.25, 0.3) is 0 Å². The summed E-state index contributed by atoms with van der Waals surface area (Å²) in [6, 6.07) is 0. The fraction of sp³-hybridized carbons (Fsp3) is 0.779. The van der Waals surface area contributed by atoms with Crippen LogP contribution in [0.2, 0.25) is 0 Å². The smallest absolute Gasteiger partial charge is 0.306 e. The van der Waals surface area contributed by atoms with Crippen LogP contribution in [0, 0.1) is 0 Å². The third-order valence-electron chi connectivity index (χ3n) is 15.8. The summed E-state index contributed by atoms with van der Waals surface area (Å²) in [4.78, 5) is 38.4. The lowest BCUT2D eigenvalue weighted by molar-refractivity contribution is -0.167. The largest absolute Gasteiger partial charge is 0.462 e. The fourth-order valence-electron chi connectivity index (χ4n) is 10.4. The fourth-order valence-corrected chi connectivity index (χ4v) is 10.4. The number of hydrogen-bond acceptors (Lipinski definition) is 6. The molecule has 0 aliphatic carbocycles. The van der Waals surface area contributed by atoms with E-state index in [0.29, 0.717) is 19.3 Å². The first-order valence-electron chi connectivity index (χ1n) is 36.1. The summed E-state index contributed by atoms with van der Waals surface area (Å²) in [6.07, 6.45) is 94.7. The normalized spacial score (nSPS) is 12.6. The number of allylic oxidation sites excluding steroid dienone is 14. The van der Waals surface area contributed by atoms with Crippen LogP contribution in [0.15, 0.2) is 85.1 Å². The summed E-state index contributed by atoms with van der Waals surface area (Å²) >= 11 is 0. The second kappa shape index (κ2) is 71.1. The van der Waals surface area contributed by atoms with Crippen LogP contribution in [0.4, 0.5) is 0 Å². The van der Waals surface area contributed by atoms with Crippen molar-refractivity contribution >= 4 is 17.9 Å². The first kappa shape index (κ1) is 79.6. The molecule has 0 radical (unpaired) electrons. The molecule has 0 saturated carbocycles. The minimum atomic E-state index is -0.786. The van der Waals surface area contributed by atoms with Gasteiger partial charge in [0.2, 0.25) is 0 Å². The van der Waals surface area contributed by atoms with Gasteiger partial charge in [0, 0.05) is 19.3 Å². The van der Waals surface area contributed by atoms with E-state index < -0.39 is 6.10 Å². The molecule has 0 aliphatic rings. The van der Waals surface area contributed by atoms with Gasteiger partial charge < -0.3 is 14.2 Å². The van der Waals surface area contributed by atoms with Crippen LogP contribution in [0.5, 0.6) is 0 Å². The number of ether oxygens (including phenoxy) is 3. The molecule has 0 spiro atoms. The van der Waals surface area contributed by atoms with Crippen molar-refractivity contribution in [3.05, 3.63) is 85.1 Å². The highest BCUT2D eigenvalue weighted by molar-refractivity contribution is 5.71. The Morgan fingerprint density at radius 1 is 0.241 bits per heavy atom. The Hall–Kier alpha value is -3.41. The SMILES string of the molecule is CCC/C=C\C/C=C\CCCCCCCC(=O)OCC(COC(=O)CCCCCCCCCCCCCCCCC/C=C\C/C=C\CCCCCCC)OC(=O)CCCCCCCCCCCC/C=C\C/C=C\C/C=C\CCCCCCC. The van der Waals surface area contributed by atoms with Gasteiger partial charge in [-0.3, -0.25) is 14.4 Å². The zero-order chi connectivity index (χ0) is 59.9. The van der Waals surface area contributed by atoms with Gasteiger partial charge in [-0.15, -0.1) is 0 Å². The molecule has 480 valence electrons. The van der Waals surface area contributed by atoms with Crippen molar-refractivity contribution in [3.63, 3.8) is 0 Å². The Balaban J connectivity index is 4.27.